The van der Waals surface area contributed by atoms with Gasteiger partial charge in [-0.25, -0.2) is 4.79 Å². The molecule has 0 heterocycles. The van der Waals surface area contributed by atoms with Crippen LogP contribution in [0.1, 0.15) is 52.4 Å². The van der Waals surface area contributed by atoms with E-state index in [0.29, 0.717) is 0 Å². The lowest BCUT2D eigenvalue weighted by Crippen LogP contribution is -2.48. The van der Waals surface area contributed by atoms with E-state index >= 15 is 0 Å². The van der Waals surface area contributed by atoms with Gasteiger partial charge in [0.1, 0.15) is 6.04 Å². The highest BCUT2D eigenvalue weighted by Gasteiger charge is 2.31. The maximum Gasteiger partial charge on any atom is 0.326 e. The van der Waals surface area contributed by atoms with Gasteiger partial charge in [0.05, 0.1) is 0 Å². The summed E-state index contributed by atoms with van der Waals surface area (Å²) in [6.07, 6.45) is 5.90. The monoisotopic (exact) mass is 241 g/mol. The van der Waals surface area contributed by atoms with E-state index in [1.807, 2.05) is 13.8 Å². The van der Waals surface area contributed by atoms with E-state index in [4.69, 9.17) is 0 Å². The van der Waals surface area contributed by atoms with E-state index in [9.17, 15) is 14.7 Å². The quantitative estimate of drug-likeness (QED) is 0.775. The second-order valence-electron chi connectivity index (χ2n) is 5.03. The van der Waals surface area contributed by atoms with Gasteiger partial charge in [-0.3, -0.25) is 4.79 Å². The van der Waals surface area contributed by atoms with Crippen molar-refractivity contribution in [2.45, 2.75) is 58.4 Å². The largest absolute Gasteiger partial charge is 0.480 e. The molecule has 98 valence electrons. The molecule has 0 spiro atoms. The first kappa shape index (κ1) is 14.0. The molecule has 1 aliphatic carbocycles. The van der Waals surface area contributed by atoms with E-state index in [1.165, 1.54) is 6.42 Å². The fourth-order valence-corrected chi connectivity index (χ4v) is 2.33. The second kappa shape index (κ2) is 6.62. The van der Waals surface area contributed by atoms with Crippen LogP contribution in [-0.4, -0.2) is 23.0 Å². The third kappa shape index (κ3) is 4.02. The van der Waals surface area contributed by atoms with Crippen molar-refractivity contribution in [2.24, 2.45) is 11.8 Å². The van der Waals surface area contributed by atoms with Gasteiger partial charge in [-0.1, -0.05) is 33.1 Å². The third-order valence-electron chi connectivity index (χ3n) is 3.75. The van der Waals surface area contributed by atoms with E-state index in [2.05, 4.69) is 5.32 Å². The molecule has 4 heteroatoms. The maximum atomic E-state index is 11.8. The Morgan fingerprint density at radius 3 is 2.35 bits per heavy atom. The van der Waals surface area contributed by atoms with Crippen molar-refractivity contribution < 1.29 is 14.7 Å². The summed E-state index contributed by atoms with van der Waals surface area (Å²) in [4.78, 5) is 23.0. The Labute approximate surface area is 103 Å². The van der Waals surface area contributed by atoms with Crippen LogP contribution in [0.15, 0.2) is 0 Å². The van der Waals surface area contributed by atoms with Gasteiger partial charge in [-0.05, 0) is 25.2 Å². The molecular weight excluding hydrogens is 218 g/mol. The predicted octanol–water partition coefficient (Wildman–Crippen LogP) is 2.18. The van der Waals surface area contributed by atoms with Gasteiger partial charge in [-0.15, -0.1) is 0 Å². The van der Waals surface area contributed by atoms with Gasteiger partial charge in [0.2, 0.25) is 5.91 Å². The fourth-order valence-electron chi connectivity index (χ4n) is 2.33. The number of rotatable bonds is 5. The van der Waals surface area contributed by atoms with Crippen LogP contribution in [0.4, 0.5) is 0 Å². The summed E-state index contributed by atoms with van der Waals surface area (Å²) >= 11 is 0. The molecule has 0 aromatic rings. The molecule has 0 aromatic heterocycles. The number of carboxylic acid groups (broad SMARTS) is 1. The number of hydrogen-bond donors (Lipinski definition) is 2. The summed E-state index contributed by atoms with van der Waals surface area (Å²) in [6, 6.07) is -0.697. The smallest absolute Gasteiger partial charge is 0.326 e. The van der Waals surface area contributed by atoms with Gasteiger partial charge in [0, 0.05) is 5.92 Å². The van der Waals surface area contributed by atoms with E-state index in [0.717, 1.165) is 32.1 Å². The molecule has 4 nitrogen and oxygen atoms in total. The first-order chi connectivity index (χ1) is 8.06. The van der Waals surface area contributed by atoms with Crippen molar-refractivity contribution >= 4 is 11.9 Å². The van der Waals surface area contributed by atoms with Crippen LogP contribution < -0.4 is 5.32 Å². The fraction of sp³-hybridized carbons (Fsp3) is 0.846. The number of amides is 1. The molecule has 0 radical (unpaired) electrons. The summed E-state index contributed by atoms with van der Waals surface area (Å²) < 4.78 is 0. The lowest BCUT2D eigenvalue weighted by atomic mass is 9.83. The highest BCUT2D eigenvalue weighted by atomic mass is 16.4. The lowest BCUT2D eigenvalue weighted by Gasteiger charge is -2.28. The van der Waals surface area contributed by atoms with Crippen molar-refractivity contribution in [3.63, 3.8) is 0 Å². The molecule has 1 amide bonds. The Kier molecular flexibility index (Phi) is 5.45. The molecular formula is C13H23NO3. The minimum absolute atomic E-state index is 0.106. The molecule has 0 aromatic carbocycles. The minimum Gasteiger partial charge on any atom is -0.480 e. The molecule has 0 saturated heterocycles. The molecule has 0 bridgehead atoms. The zero-order valence-electron chi connectivity index (χ0n) is 10.7. The number of carbonyl (C=O) groups excluding carboxylic acids is 1. The normalized spacial score (nSPS) is 20.6. The number of carboxylic acids is 1. The van der Waals surface area contributed by atoms with Crippen molar-refractivity contribution in [2.75, 3.05) is 0 Å². The molecule has 1 saturated carbocycles. The van der Waals surface area contributed by atoms with Crippen LogP contribution in [0.5, 0.6) is 0 Å². The van der Waals surface area contributed by atoms with Gasteiger partial charge in [0.15, 0.2) is 0 Å². The number of aliphatic carboxylic acids is 1. The first-order valence-electron chi connectivity index (χ1n) is 6.59. The van der Waals surface area contributed by atoms with E-state index in [-0.39, 0.29) is 17.7 Å². The van der Waals surface area contributed by atoms with Crippen molar-refractivity contribution in [1.82, 2.24) is 5.32 Å². The van der Waals surface area contributed by atoms with Gasteiger partial charge in [0.25, 0.3) is 0 Å². The van der Waals surface area contributed by atoms with Crippen LogP contribution >= 0.6 is 0 Å². The van der Waals surface area contributed by atoms with E-state index in [1.54, 1.807) is 0 Å². The molecule has 1 fully saturated rings. The van der Waals surface area contributed by atoms with E-state index < -0.39 is 12.0 Å². The molecule has 2 unspecified atom stereocenters. The Bertz CT molecular complexity index is 272. The zero-order valence-corrected chi connectivity index (χ0v) is 10.7. The summed E-state index contributed by atoms with van der Waals surface area (Å²) in [5, 5.41) is 11.9. The number of nitrogens with one attached hydrogen (secondary N) is 1. The van der Waals surface area contributed by atoms with Crippen molar-refractivity contribution in [3.05, 3.63) is 0 Å². The van der Waals surface area contributed by atoms with Gasteiger partial charge in [-0.2, -0.15) is 0 Å². The molecule has 2 atom stereocenters. The van der Waals surface area contributed by atoms with Crippen molar-refractivity contribution in [3.8, 4) is 0 Å². The summed E-state index contributed by atoms with van der Waals surface area (Å²) in [5.74, 6) is -1.03. The predicted molar refractivity (Wildman–Crippen MR) is 65.6 cm³/mol. The van der Waals surface area contributed by atoms with Crippen molar-refractivity contribution in [1.29, 1.82) is 0 Å². The first-order valence-corrected chi connectivity index (χ1v) is 6.59. The van der Waals surface area contributed by atoms with Crippen LogP contribution in [0.2, 0.25) is 0 Å². The second-order valence-corrected chi connectivity index (χ2v) is 5.03. The summed E-state index contributed by atoms with van der Waals surface area (Å²) in [7, 11) is 0. The molecule has 2 N–H and O–H groups in total. The van der Waals surface area contributed by atoms with Crippen LogP contribution in [0, 0.1) is 11.8 Å². The average Bonchev–Trinajstić information content (AvgIpc) is 2.35. The standard InChI is InChI=1S/C13H23NO3/c1-3-9(2)12(15)14-11(13(16)17)10-7-5-4-6-8-10/h9-11H,3-8H2,1-2H3,(H,14,15)(H,16,17). The van der Waals surface area contributed by atoms with Crippen LogP contribution in [-0.2, 0) is 9.59 Å². The lowest BCUT2D eigenvalue weighted by molar-refractivity contribution is -0.144. The van der Waals surface area contributed by atoms with Crippen LogP contribution in [0.25, 0.3) is 0 Å². The Hall–Kier alpha value is -1.06. The maximum absolute atomic E-state index is 11.8. The number of carbonyl (C=O) groups is 2. The highest BCUT2D eigenvalue weighted by molar-refractivity contribution is 5.84. The molecule has 0 aliphatic heterocycles. The minimum atomic E-state index is -0.895. The highest BCUT2D eigenvalue weighted by Crippen LogP contribution is 2.26. The Balaban J connectivity index is 2.59. The Morgan fingerprint density at radius 2 is 1.88 bits per heavy atom. The summed E-state index contributed by atoms with van der Waals surface area (Å²) in [6.45, 7) is 3.76. The molecule has 17 heavy (non-hydrogen) atoms. The molecule has 1 rings (SSSR count). The zero-order chi connectivity index (χ0) is 12.8. The summed E-state index contributed by atoms with van der Waals surface area (Å²) in [5.41, 5.74) is 0. The number of hydrogen-bond acceptors (Lipinski definition) is 2. The Morgan fingerprint density at radius 1 is 1.29 bits per heavy atom. The third-order valence-corrected chi connectivity index (χ3v) is 3.75. The van der Waals surface area contributed by atoms with Gasteiger partial charge >= 0.3 is 5.97 Å². The molecule has 1 aliphatic rings. The average molecular weight is 241 g/mol. The van der Waals surface area contributed by atoms with Crippen LogP contribution in [0.3, 0.4) is 0 Å². The topological polar surface area (TPSA) is 66.4 Å². The van der Waals surface area contributed by atoms with Gasteiger partial charge < -0.3 is 10.4 Å². The SMILES string of the molecule is CCC(C)C(=O)NC(C(=O)O)C1CCCCC1.